The Kier molecular flexibility index (Phi) is 4.42. The molecule has 0 fully saturated rings. The zero-order valence-corrected chi connectivity index (χ0v) is 14.7. The Hall–Kier alpha value is -3.88. The first-order chi connectivity index (χ1) is 13.8. The molecule has 0 saturated carbocycles. The van der Waals surface area contributed by atoms with Crippen LogP contribution < -0.4 is 11.1 Å². The van der Waals surface area contributed by atoms with E-state index in [-0.39, 0.29) is 23.0 Å². The quantitative estimate of drug-likeness (QED) is 0.520. The second kappa shape index (κ2) is 6.93. The summed E-state index contributed by atoms with van der Waals surface area (Å²) in [5.74, 6) is -0.296. The molecule has 0 aliphatic rings. The van der Waals surface area contributed by atoms with Gasteiger partial charge in [-0.3, -0.25) is 4.79 Å². The maximum Gasteiger partial charge on any atom is 0.416 e. The van der Waals surface area contributed by atoms with Crippen LogP contribution in [0, 0.1) is 0 Å². The molecule has 0 spiro atoms. The van der Waals surface area contributed by atoms with E-state index in [1.54, 1.807) is 30.5 Å². The smallest absolute Gasteiger partial charge is 0.416 e. The standard InChI is InChI=1S/C20H13F3N4O2/c21-20(22,23)13-2-4-14(5-3-13)25-19(28)15-10-17(24)27-18(26-15)12-1-6-16-11(9-12)7-8-29-16/h1-10H,(H,25,28)(H2,24,26,27). The number of carbonyl (C=O) groups excluding carboxylic acids is 1. The molecular formula is C20H13F3N4O2. The van der Waals surface area contributed by atoms with Crippen LogP contribution in [0.2, 0.25) is 0 Å². The Balaban J connectivity index is 1.60. The van der Waals surface area contributed by atoms with E-state index in [4.69, 9.17) is 10.2 Å². The Morgan fingerprint density at radius 2 is 1.76 bits per heavy atom. The zero-order chi connectivity index (χ0) is 20.6. The molecule has 0 bridgehead atoms. The second-order valence-corrected chi connectivity index (χ2v) is 6.20. The predicted molar refractivity (Wildman–Crippen MR) is 101 cm³/mol. The highest BCUT2D eigenvalue weighted by molar-refractivity contribution is 6.03. The maximum absolute atomic E-state index is 12.6. The van der Waals surface area contributed by atoms with Gasteiger partial charge < -0.3 is 15.5 Å². The molecule has 1 amide bonds. The van der Waals surface area contributed by atoms with Crippen molar-refractivity contribution in [1.82, 2.24) is 9.97 Å². The van der Waals surface area contributed by atoms with Crippen molar-refractivity contribution in [2.45, 2.75) is 6.18 Å². The summed E-state index contributed by atoms with van der Waals surface area (Å²) in [4.78, 5) is 20.9. The fourth-order valence-electron chi connectivity index (χ4n) is 2.75. The van der Waals surface area contributed by atoms with Crippen molar-refractivity contribution in [3.05, 3.63) is 72.1 Å². The lowest BCUT2D eigenvalue weighted by Gasteiger charge is -2.09. The summed E-state index contributed by atoms with van der Waals surface area (Å²) in [7, 11) is 0. The highest BCUT2D eigenvalue weighted by Gasteiger charge is 2.30. The van der Waals surface area contributed by atoms with E-state index in [1.165, 1.54) is 18.2 Å². The van der Waals surface area contributed by atoms with E-state index < -0.39 is 17.6 Å². The summed E-state index contributed by atoms with van der Waals surface area (Å²) in [5.41, 5.74) is 6.52. The fraction of sp³-hybridized carbons (Fsp3) is 0.0500. The van der Waals surface area contributed by atoms with Crippen LogP contribution in [0.4, 0.5) is 24.7 Å². The predicted octanol–water partition coefficient (Wildman–Crippen LogP) is 4.74. The minimum Gasteiger partial charge on any atom is -0.464 e. The largest absolute Gasteiger partial charge is 0.464 e. The van der Waals surface area contributed by atoms with Gasteiger partial charge >= 0.3 is 6.18 Å². The summed E-state index contributed by atoms with van der Waals surface area (Å²) in [6.07, 6.45) is -2.90. The Morgan fingerprint density at radius 1 is 1.00 bits per heavy atom. The molecule has 2 heterocycles. The summed E-state index contributed by atoms with van der Waals surface area (Å²) < 4.78 is 43.2. The van der Waals surface area contributed by atoms with E-state index in [1.807, 2.05) is 0 Å². The van der Waals surface area contributed by atoms with E-state index in [2.05, 4.69) is 15.3 Å². The SMILES string of the molecule is Nc1cc(C(=O)Nc2ccc(C(F)(F)F)cc2)nc(-c2ccc3occc3c2)n1. The van der Waals surface area contributed by atoms with Gasteiger partial charge in [-0.25, -0.2) is 9.97 Å². The van der Waals surface area contributed by atoms with Crippen molar-refractivity contribution in [2.24, 2.45) is 0 Å². The van der Waals surface area contributed by atoms with Gasteiger partial charge in [0, 0.05) is 22.7 Å². The number of hydrogen-bond donors (Lipinski definition) is 2. The van der Waals surface area contributed by atoms with Crippen molar-refractivity contribution in [3.63, 3.8) is 0 Å². The molecule has 4 aromatic rings. The molecule has 0 aliphatic carbocycles. The number of rotatable bonds is 3. The molecule has 0 unspecified atom stereocenters. The number of carbonyl (C=O) groups is 1. The maximum atomic E-state index is 12.6. The molecule has 2 aromatic heterocycles. The number of halogens is 3. The Bertz CT molecular complexity index is 1200. The third-order valence-electron chi connectivity index (χ3n) is 4.16. The molecule has 146 valence electrons. The van der Waals surface area contributed by atoms with E-state index in [9.17, 15) is 18.0 Å². The van der Waals surface area contributed by atoms with Gasteiger partial charge in [0.05, 0.1) is 11.8 Å². The molecule has 0 aliphatic heterocycles. The lowest BCUT2D eigenvalue weighted by atomic mass is 10.1. The average Bonchev–Trinajstić information content (AvgIpc) is 3.15. The first-order valence-corrected chi connectivity index (χ1v) is 8.40. The summed E-state index contributed by atoms with van der Waals surface area (Å²) >= 11 is 0. The van der Waals surface area contributed by atoms with Gasteiger partial charge in [-0.1, -0.05) is 0 Å². The third kappa shape index (κ3) is 3.88. The van der Waals surface area contributed by atoms with E-state index >= 15 is 0 Å². The van der Waals surface area contributed by atoms with Gasteiger partial charge in [0.1, 0.15) is 17.1 Å². The van der Waals surface area contributed by atoms with Gasteiger partial charge in [-0.05, 0) is 48.5 Å². The summed E-state index contributed by atoms with van der Waals surface area (Å²) in [6.45, 7) is 0. The van der Waals surface area contributed by atoms with Crippen LogP contribution in [0.3, 0.4) is 0 Å². The van der Waals surface area contributed by atoms with E-state index in [0.717, 1.165) is 17.5 Å². The van der Waals surface area contributed by atoms with Crippen LogP contribution in [0.1, 0.15) is 16.1 Å². The molecule has 9 heteroatoms. The lowest BCUT2D eigenvalue weighted by Crippen LogP contribution is -2.15. The number of fused-ring (bicyclic) bond motifs is 1. The van der Waals surface area contributed by atoms with Crippen LogP contribution in [-0.2, 0) is 6.18 Å². The molecule has 4 rings (SSSR count). The topological polar surface area (TPSA) is 94.0 Å². The Morgan fingerprint density at radius 3 is 2.48 bits per heavy atom. The number of hydrogen-bond acceptors (Lipinski definition) is 5. The van der Waals surface area contributed by atoms with Gasteiger partial charge in [0.25, 0.3) is 5.91 Å². The number of nitrogens with two attached hydrogens (primary N) is 1. The number of aromatic nitrogens is 2. The lowest BCUT2D eigenvalue weighted by molar-refractivity contribution is -0.137. The van der Waals surface area contributed by atoms with Crippen molar-refractivity contribution in [2.75, 3.05) is 11.1 Å². The Labute approximate surface area is 162 Å². The van der Waals surface area contributed by atoms with E-state index in [0.29, 0.717) is 11.1 Å². The van der Waals surface area contributed by atoms with Crippen molar-refractivity contribution >= 4 is 28.4 Å². The van der Waals surface area contributed by atoms with Gasteiger partial charge in [0.2, 0.25) is 0 Å². The van der Waals surface area contributed by atoms with Crippen molar-refractivity contribution < 1.29 is 22.4 Å². The van der Waals surface area contributed by atoms with Crippen LogP contribution in [0.25, 0.3) is 22.4 Å². The minimum atomic E-state index is -4.45. The number of benzene rings is 2. The molecule has 0 saturated heterocycles. The van der Waals surface area contributed by atoms with Gasteiger partial charge in [-0.2, -0.15) is 13.2 Å². The number of nitrogens with zero attached hydrogens (tertiary/aromatic N) is 2. The number of furan rings is 1. The van der Waals surface area contributed by atoms with Gasteiger partial charge in [0.15, 0.2) is 5.82 Å². The van der Waals surface area contributed by atoms with Crippen LogP contribution in [0.5, 0.6) is 0 Å². The fourth-order valence-corrected chi connectivity index (χ4v) is 2.75. The molecule has 0 radical (unpaired) electrons. The molecule has 2 aromatic carbocycles. The highest BCUT2D eigenvalue weighted by Crippen LogP contribution is 2.30. The van der Waals surface area contributed by atoms with Crippen molar-refractivity contribution in [1.29, 1.82) is 0 Å². The molecule has 0 atom stereocenters. The first-order valence-electron chi connectivity index (χ1n) is 8.40. The third-order valence-corrected chi connectivity index (χ3v) is 4.16. The first kappa shape index (κ1) is 18.5. The van der Waals surface area contributed by atoms with Crippen LogP contribution >= 0.6 is 0 Å². The molecule has 3 N–H and O–H groups in total. The highest BCUT2D eigenvalue weighted by atomic mass is 19.4. The van der Waals surface area contributed by atoms with Crippen LogP contribution in [-0.4, -0.2) is 15.9 Å². The number of alkyl halides is 3. The second-order valence-electron chi connectivity index (χ2n) is 6.20. The summed E-state index contributed by atoms with van der Waals surface area (Å²) in [6, 6.07) is 12.5. The number of amides is 1. The van der Waals surface area contributed by atoms with Crippen molar-refractivity contribution in [3.8, 4) is 11.4 Å². The normalized spacial score (nSPS) is 11.6. The van der Waals surface area contributed by atoms with Gasteiger partial charge in [-0.15, -0.1) is 0 Å². The minimum absolute atomic E-state index is 0.0142. The monoisotopic (exact) mass is 398 g/mol. The average molecular weight is 398 g/mol. The molecule has 6 nitrogen and oxygen atoms in total. The number of nitrogen functional groups attached to an aromatic ring is 1. The number of nitrogens with one attached hydrogen (secondary N) is 1. The van der Waals surface area contributed by atoms with Crippen LogP contribution in [0.15, 0.2) is 65.3 Å². The molecule has 29 heavy (non-hydrogen) atoms. The number of anilines is 2. The molecular weight excluding hydrogens is 385 g/mol. The zero-order valence-electron chi connectivity index (χ0n) is 14.7. The summed E-state index contributed by atoms with van der Waals surface area (Å²) in [5, 5.41) is 3.34.